The predicted molar refractivity (Wildman–Crippen MR) is 105 cm³/mol. The van der Waals surface area contributed by atoms with Gasteiger partial charge in [-0.1, -0.05) is 36.4 Å². The molecule has 4 amide bonds. The van der Waals surface area contributed by atoms with Crippen LogP contribution in [0.3, 0.4) is 0 Å². The molecule has 0 spiro atoms. The van der Waals surface area contributed by atoms with Crippen molar-refractivity contribution in [2.75, 3.05) is 19.6 Å². The first-order valence-corrected chi connectivity index (χ1v) is 9.61. The van der Waals surface area contributed by atoms with Gasteiger partial charge in [-0.25, -0.2) is 0 Å². The Morgan fingerprint density at radius 1 is 0.897 bits per heavy atom. The minimum Gasteiger partial charge on any atom is -0.347 e. The summed E-state index contributed by atoms with van der Waals surface area (Å²) in [6.45, 7) is 1.06. The van der Waals surface area contributed by atoms with Crippen molar-refractivity contribution in [2.24, 2.45) is 0 Å². The van der Waals surface area contributed by atoms with Crippen molar-refractivity contribution in [2.45, 2.75) is 19.4 Å². The Hall–Kier alpha value is -3.48. The number of carbonyl (C=O) groups is 4. The molecule has 0 saturated carbocycles. The van der Waals surface area contributed by atoms with Gasteiger partial charge in [0.1, 0.15) is 0 Å². The zero-order chi connectivity index (χ0) is 20.4. The van der Waals surface area contributed by atoms with Gasteiger partial charge >= 0.3 is 0 Å². The van der Waals surface area contributed by atoms with Crippen LogP contribution in [0.1, 0.15) is 38.3 Å². The quantitative estimate of drug-likeness (QED) is 0.780. The number of rotatable bonds is 5. The molecule has 29 heavy (non-hydrogen) atoms. The smallest absolute Gasteiger partial charge is 0.261 e. The topological polar surface area (TPSA) is 86.8 Å². The van der Waals surface area contributed by atoms with E-state index in [4.69, 9.17) is 0 Å². The van der Waals surface area contributed by atoms with Crippen molar-refractivity contribution < 1.29 is 19.2 Å². The third-order valence-electron chi connectivity index (χ3n) is 5.36. The van der Waals surface area contributed by atoms with Crippen LogP contribution in [0.15, 0.2) is 48.5 Å². The second kappa shape index (κ2) is 7.87. The van der Waals surface area contributed by atoms with Crippen LogP contribution in [0, 0.1) is 0 Å². The Bertz CT molecular complexity index is 966. The van der Waals surface area contributed by atoms with E-state index in [1.807, 2.05) is 18.2 Å². The molecular formula is C22H21N3O4. The van der Waals surface area contributed by atoms with Crippen molar-refractivity contribution in [1.29, 1.82) is 0 Å². The third-order valence-corrected chi connectivity index (χ3v) is 5.36. The molecule has 2 aliphatic heterocycles. The Morgan fingerprint density at radius 2 is 1.52 bits per heavy atom. The fourth-order valence-corrected chi connectivity index (χ4v) is 3.74. The highest BCUT2D eigenvalue weighted by Gasteiger charge is 2.35. The molecule has 0 unspecified atom stereocenters. The van der Waals surface area contributed by atoms with Crippen LogP contribution in [-0.2, 0) is 22.6 Å². The van der Waals surface area contributed by atoms with Gasteiger partial charge in [-0.2, -0.15) is 0 Å². The summed E-state index contributed by atoms with van der Waals surface area (Å²) >= 11 is 0. The number of fused-ring (bicyclic) bond motifs is 2. The molecule has 0 saturated heterocycles. The van der Waals surface area contributed by atoms with Gasteiger partial charge in [0.25, 0.3) is 11.8 Å². The SMILES string of the molecule is O=C(CCN1C(=O)c2ccccc2C1=O)NCC(=O)N1CCc2ccccc2C1. The van der Waals surface area contributed by atoms with Crippen molar-refractivity contribution in [1.82, 2.24) is 15.1 Å². The van der Waals surface area contributed by atoms with Gasteiger partial charge < -0.3 is 10.2 Å². The minimum atomic E-state index is -0.388. The lowest BCUT2D eigenvalue weighted by atomic mass is 10.00. The van der Waals surface area contributed by atoms with E-state index in [1.165, 1.54) is 5.56 Å². The van der Waals surface area contributed by atoms with Crippen molar-refractivity contribution >= 4 is 23.6 Å². The highest BCUT2D eigenvalue weighted by atomic mass is 16.2. The molecule has 2 aromatic rings. The van der Waals surface area contributed by atoms with Gasteiger partial charge in [-0.3, -0.25) is 24.1 Å². The Balaban J connectivity index is 1.25. The fraction of sp³-hybridized carbons (Fsp3) is 0.273. The zero-order valence-electron chi connectivity index (χ0n) is 15.9. The second-order valence-electron chi connectivity index (χ2n) is 7.17. The number of imide groups is 1. The molecule has 0 fully saturated rings. The van der Waals surface area contributed by atoms with E-state index in [2.05, 4.69) is 11.4 Å². The van der Waals surface area contributed by atoms with E-state index in [0.29, 0.717) is 24.2 Å². The molecule has 2 heterocycles. The monoisotopic (exact) mass is 391 g/mol. The molecule has 4 rings (SSSR count). The van der Waals surface area contributed by atoms with Gasteiger partial charge in [0.15, 0.2) is 0 Å². The van der Waals surface area contributed by atoms with E-state index in [0.717, 1.165) is 16.9 Å². The fourth-order valence-electron chi connectivity index (χ4n) is 3.74. The molecule has 0 aliphatic carbocycles. The van der Waals surface area contributed by atoms with E-state index in [1.54, 1.807) is 29.2 Å². The summed E-state index contributed by atoms with van der Waals surface area (Å²) in [4.78, 5) is 52.0. The van der Waals surface area contributed by atoms with E-state index in [9.17, 15) is 19.2 Å². The summed E-state index contributed by atoms with van der Waals surface area (Å²) in [6.07, 6.45) is 0.761. The van der Waals surface area contributed by atoms with Gasteiger partial charge in [0.05, 0.1) is 17.7 Å². The summed E-state index contributed by atoms with van der Waals surface area (Å²) in [5.41, 5.74) is 3.10. The zero-order valence-corrected chi connectivity index (χ0v) is 15.9. The first-order chi connectivity index (χ1) is 14.0. The molecule has 0 bridgehead atoms. The highest BCUT2D eigenvalue weighted by molar-refractivity contribution is 6.21. The van der Waals surface area contributed by atoms with Gasteiger partial charge in [-0.15, -0.1) is 0 Å². The molecule has 2 aliphatic rings. The number of carbonyl (C=O) groups excluding carboxylic acids is 4. The standard InChI is InChI=1S/C22H21N3O4/c26-19(10-12-25-21(28)17-7-3-4-8-18(17)22(25)29)23-13-20(27)24-11-9-15-5-1-2-6-16(15)14-24/h1-8H,9-14H2,(H,23,26). The normalized spacial score (nSPS) is 15.2. The molecule has 0 radical (unpaired) electrons. The van der Waals surface area contributed by atoms with Gasteiger partial charge in [0, 0.05) is 26.1 Å². The lowest BCUT2D eigenvalue weighted by Gasteiger charge is -2.29. The van der Waals surface area contributed by atoms with E-state index in [-0.39, 0.29) is 43.1 Å². The maximum absolute atomic E-state index is 12.4. The van der Waals surface area contributed by atoms with E-state index >= 15 is 0 Å². The molecule has 7 nitrogen and oxygen atoms in total. The Labute approximate surface area is 168 Å². The summed E-state index contributed by atoms with van der Waals surface area (Å²) in [5, 5.41) is 2.60. The molecule has 7 heteroatoms. The van der Waals surface area contributed by atoms with Crippen LogP contribution >= 0.6 is 0 Å². The number of nitrogens with one attached hydrogen (secondary N) is 1. The van der Waals surface area contributed by atoms with Crippen LogP contribution in [0.2, 0.25) is 0 Å². The van der Waals surface area contributed by atoms with Crippen molar-refractivity contribution in [3.8, 4) is 0 Å². The molecule has 1 N–H and O–H groups in total. The molecule has 148 valence electrons. The lowest BCUT2D eigenvalue weighted by Crippen LogP contribution is -2.43. The van der Waals surface area contributed by atoms with Crippen LogP contribution in [0.25, 0.3) is 0 Å². The number of amides is 4. The van der Waals surface area contributed by atoms with Gasteiger partial charge in [0.2, 0.25) is 11.8 Å². The maximum Gasteiger partial charge on any atom is 0.261 e. The maximum atomic E-state index is 12.4. The van der Waals surface area contributed by atoms with Crippen molar-refractivity contribution in [3.05, 3.63) is 70.8 Å². The second-order valence-corrected chi connectivity index (χ2v) is 7.17. The van der Waals surface area contributed by atoms with E-state index < -0.39 is 0 Å². The lowest BCUT2D eigenvalue weighted by molar-refractivity contribution is -0.133. The highest BCUT2D eigenvalue weighted by Crippen LogP contribution is 2.22. The molecule has 2 aromatic carbocycles. The number of hydrogen-bond donors (Lipinski definition) is 1. The van der Waals surface area contributed by atoms with Crippen LogP contribution in [0.5, 0.6) is 0 Å². The summed E-state index contributed by atoms with van der Waals surface area (Å²) < 4.78 is 0. The average Bonchev–Trinajstić information content (AvgIpc) is 3.00. The van der Waals surface area contributed by atoms with Crippen LogP contribution in [0.4, 0.5) is 0 Å². The number of nitrogens with zero attached hydrogens (tertiary/aromatic N) is 2. The molecule has 0 atom stereocenters. The molecule has 0 aromatic heterocycles. The van der Waals surface area contributed by atoms with Crippen LogP contribution in [-0.4, -0.2) is 53.1 Å². The number of benzene rings is 2. The predicted octanol–water partition coefficient (Wildman–Crippen LogP) is 1.37. The first kappa shape index (κ1) is 18.9. The average molecular weight is 391 g/mol. The number of hydrogen-bond acceptors (Lipinski definition) is 4. The summed E-state index contributed by atoms with van der Waals surface area (Å²) in [6, 6.07) is 14.6. The largest absolute Gasteiger partial charge is 0.347 e. The minimum absolute atomic E-state index is 0.0105. The molecular weight excluding hydrogens is 370 g/mol. The van der Waals surface area contributed by atoms with Crippen molar-refractivity contribution in [3.63, 3.8) is 0 Å². The summed E-state index contributed by atoms with van der Waals surface area (Å²) in [7, 11) is 0. The Morgan fingerprint density at radius 3 is 2.21 bits per heavy atom. The Kier molecular flexibility index (Phi) is 5.12. The summed E-state index contributed by atoms with van der Waals surface area (Å²) in [5.74, 6) is -1.29. The third kappa shape index (κ3) is 3.76. The van der Waals surface area contributed by atoms with Crippen LogP contribution < -0.4 is 5.32 Å². The van der Waals surface area contributed by atoms with Gasteiger partial charge in [-0.05, 0) is 29.7 Å². The first-order valence-electron chi connectivity index (χ1n) is 9.61.